The van der Waals surface area contributed by atoms with Crippen molar-refractivity contribution in [2.75, 3.05) is 26.7 Å². The highest BCUT2D eigenvalue weighted by Crippen LogP contribution is 2.43. The molecule has 1 aromatic rings. The topological polar surface area (TPSA) is 174 Å². The highest BCUT2D eigenvalue weighted by molar-refractivity contribution is 7.91. The van der Waals surface area contributed by atoms with Crippen LogP contribution < -0.4 is 21.3 Å². The Balaban J connectivity index is 1.79. The molecule has 1 aliphatic carbocycles. The number of ketones is 1. The lowest BCUT2D eigenvalue weighted by molar-refractivity contribution is -0.144. The summed E-state index contributed by atoms with van der Waals surface area (Å²) >= 11 is 1.11. The van der Waals surface area contributed by atoms with Crippen molar-refractivity contribution in [1.82, 2.24) is 30.5 Å². The molecule has 0 radical (unpaired) electrons. The molecule has 0 bridgehead atoms. The Labute approximate surface area is 288 Å². The third-order valence-corrected chi connectivity index (χ3v) is 12.4. The van der Waals surface area contributed by atoms with Crippen LogP contribution in [0.4, 0.5) is 4.79 Å². The maximum atomic E-state index is 14.3. The summed E-state index contributed by atoms with van der Waals surface area (Å²) in [5, 5.41) is 12.5. The van der Waals surface area contributed by atoms with Crippen LogP contribution in [-0.2, 0) is 29.2 Å². The SMILES string of the molecule is C=CCNC(=O)C(=O)C(C)NC(=O)[C@@H]1[C@H]2CCC[C@H]2CN1C(=O)[C@@H](NC(=O)N[C@H](CN(C)S(=O)(=O)c1cccs1)C(C)(C)C)C(C)(C)C. The van der Waals surface area contributed by atoms with E-state index >= 15 is 0 Å². The fourth-order valence-corrected chi connectivity index (χ4v) is 8.67. The molecule has 13 nitrogen and oxygen atoms in total. The molecular formula is C33H52N6O7S2. The van der Waals surface area contributed by atoms with Gasteiger partial charge in [0.1, 0.15) is 16.3 Å². The van der Waals surface area contributed by atoms with E-state index in [9.17, 15) is 32.4 Å². The van der Waals surface area contributed by atoms with Gasteiger partial charge in [0.2, 0.25) is 17.6 Å². The molecule has 2 aliphatic rings. The molecule has 2 heterocycles. The lowest BCUT2D eigenvalue weighted by Gasteiger charge is -2.38. The number of rotatable bonds is 13. The van der Waals surface area contributed by atoms with Crippen molar-refractivity contribution in [3.63, 3.8) is 0 Å². The number of amides is 5. The Hall–Kier alpha value is -3.30. The van der Waals surface area contributed by atoms with Crippen molar-refractivity contribution in [2.45, 2.75) is 96.1 Å². The molecule has 1 unspecified atom stereocenters. The molecule has 5 amide bonds. The van der Waals surface area contributed by atoms with Gasteiger partial charge in [0.25, 0.3) is 15.9 Å². The maximum Gasteiger partial charge on any atom is 0.315 e. The monoisotopic (exact) mass is 708 g/mol. The molecule has 2 fully saturated rings. The fourth-order valence-electron chi connectivity index (χ4n) is 6.28. The number of thiophene rings is 1. The van der Waals surface area contributed by atoms with Gasteiger partial charge in [-0.1, -0.05) is 60.1 Å². The molecule has 0 spiro atoms. The van der Waals surface area contributed by atoms with E-state index in [-0.39, 0.29) is 29.1 Å². The number of nitrogens with zero attached hydrogens (tertiary/aromatic N) is 2. The van der Waals surface area contributed by atoms with E-state index in [2.05, 4.69) is 27.8 Å². The lowest BCUT2D eigenvalue weighted by Crippen LogP contribution is -2.62. The van der Waals surface area contributed by atoms with E-state index in [1.165, 1.54) is 35.3 Å². The summed E-state index contributed by atoms with van der Waals surface area (Å²) in [6.07, 6.45) is 3.93. The number of carbonyl (C=O) groups excluding carboxylic acids is 5. The summed E-state index contributed by atoms with van der Waals surface area (Å²) in [5.41, 5.74) is -1.32. The minimum Gasteiger partial charge on any atom is -0.346 e. The van der Waals surface area contributed by atoms with E-state index in [0.29, 0.717) is 6.54 Å². The van der Waals surface area contributed by atoms with Crippen LogP contribution in [0.2, 0.25) is 0 Å². The maximum absolute atomic E-state index is 14.3. The molecule has 1 saturated heterocycles. The van der Waals surface area contributed by atoms with Gasteiger partial charge in [0, 0.05) is 32.7 Å². The molecule has 3 rings (SSSR count). The number of hydrogen-bond acceptors (Lipinski definition) is 8. The summed E-state index contributed by atoms with van der Waals surface area (Å²) in [5.74, 6) is -2.63. The zero-order valence-corrected chi connectivity index (χ0v) is 30.9. The van der Waals surface area contributed by atoms with Gasteiger partial charge in [0.05, 0.1) is 6.04 Å². The lowest BCUT2D eigenvalue weighted by atomic mass is 9.85. The van der Waals surface area contributed by atoms with Gasteiger partial charge < -0.3 is 26.2 Å². The van der Waals surface area contributed by atoms with E-state index in [1.807, 2.05) is 41.5 Å². The Bertz CT molecular complexity index is 1470. The minimum atomic E-state index is -3.77. The summed E-state index contributed by atoms with van der Waals surface area (Å²) in [4.78, 5) is 67.9. The van der Waals surface area contributed by atoms with Gasteiger partial charge in [0.15, 0.2) is 0 Å². The van der Waals surface area contributed by atoms with Gasteiger partial charge in [-0.05, 0) is 53.9 Å². The third-order valence-electron chi connectivity index (χ3n) is 9.16. The number of urea groups is 1. The van der Waals surface area contributed by atoms with Crippen LogP contribution in [0.1, 0.15) is 67.7 Å². The Morgan fingerprint density at radius 3 is 2.29 bits per heavy atom. The highest BCUT2D eigenvalue weighted by Gasteiger charge is 2.52. The van der Waals surface area contributed by atoms with Gasteiger partial charge in [-0.25, -0.2) is 13.2 Å². The molecule has 0 aromatic carbocycles. The number of Topliss-reactive ketones (excluding diaryl/α,β-unsaturated/α-hetero) is 1. The van der Waals surface area contributed by atoms with E-state index in [0.717, 1.165) is 30.6 Å². The molecule has 15 heteroatoms. The van der Waals surface area contributed by atoms with Crippen LogP contribution in [0, 0.1) is 22.7 Å². The number of sulfonamides is 1. The normalized spacial score (nSPS) is 21.5. The van der Waals surface area contributed by atoms with Crippen LogP contribution in [0.15, 0.2) is 34.4 Å². The van der Waals surface area contributed by atoms with Gasteiger partial charge in [-0.2, -0.15) is 4.31 Å². The molecule has 268 valence electrons. The number of nitrogens with one attached hydrogen (secondary N) is 4. The average Bonchev–Trinajstić information content (AvgIpc) is 3.75. The number of likely N-dealkylation sites (N-methyl/N-ethyl adjacent to an activating group) is 1. The number of carbonyl (C=O) groups is 5. The predicted molar refractivity (Wildman–Crippen MR) is 184 cm³/mol. The second-order valence-electron chi connectivity index (χ2n) is 14.9. The predicted octanol–water partition coefficient (Wildman–Crippen LogP) is 2.50. The highest BCUT2D eigenvalue weighted by atomic mass is 32.2. The molecule has 6 atom stereocenters. The fraction of sp³-hybridized carbons (Fsp3) is 0.667. The number of hydrogen-bond donors (Lipinski definition) is 4. The summed E-state index contributed by atoms with van der Waals surface area (Å²) in [6.45, 7) is 16.5. The first-order valence-electron chi connectivity index (χ1n) is 16.3. The second-order valence-corrected chi connectivity index (χ2v) is 18.2. The quantitative estimate of drug-likeness (QED) is 0.180. The number of fused-ring (bicyclic) bond motifs is 1. The van der Waals surface area contributed by atoms with Gasteiger partial charge in [-0.3, -0.25) is 19.2 Å². The Morgan fingerprint density at radius 2 is 1.73 bits per heavy atom. The van der Waals surface area contributed by atoms with Crippen molar-refractivity contribution in [3.8, 4) is 0 Å². The average molecular weight is 709 g/mol. The van der Waals surface area contributed by atoms with Crippen molar-refractivity contribution in [3.05, 3.63) is 30.2 Å². The van der Waals surface area contributed by atoms with Crippen LogP contribution >= 0.6 is 11.3 Å². The van der Waals surface area contributed by atoms with E-state index < -0.39 is 74.6 Å². The van der Waals surface area contributed by atoms with Crippen molar-refractivity contribution >= 4 is 50.9 Å². The smallest absolute Gasteiger partial charge is 0.315 e. The first kappa shape index (κ1) is 39.1. The van der Waals surface area contributed by atoms with E-state index in [4.69, 9.17) is 0 Å². The van der Waals surface area contributed by atoms with Crippen molar-refractivity contribution < 1.29 is 32.4 Å². The summed E-state index contributed by atoms with van der Waals surface area (Å²) in [7, 11) is -2.30. The second kappa shape index (κ2) is 15.5. The zero-order chi connectivity index (χ0) is 36.2. The van der Waals surface area contributed by atoms with Crippen LogP contribution in [0.5, 0.6) is 0 Å². The van der Waals surface area contributed by atoms with Gasteiger partial charge >= 0.3 is 6.03 Å². The molecule has 1 aromatic heterocycles. The molecule has 48 heavy (non-hydrogen) atoms. The summed E-state index contributed by atoms with van der Waals surface area (Å²) < 4.78 is 27.6. The largest absolute Gasteiger partial charge is 0.346 e. The molecule has 1 aliphatic heterocycles. The number of likely N-dealkylation sites (tertiary alicyclic amines) is 1. The first-order valence-corrected chi connectivity index (χ1v) is 18.6. The van der Waals surface area contributed by atoms with Crippen LogP contribution in [0.3, 0.4) is 0 Å². The van der Waals surface area contributed by atoms with E-state index in [1.54, 1.807) is 11.4 Å². The van der Waals surface area contributed by atoms with Crippen LogP contribution in [0.25, 0.3) is 0 Å². The standard InChI is InChI=1S/C33H52N6O7S2/c1-10-16-34-29(42)26(40)20(2)35-28(41)25-22-14-11-13-21(22)18-39(25)30(43)27(33(6,7)8)37-31(44)36-23(32(3,4)5)19-38(9)48(45,46)24-15-12-17-47-24/h10,12,15,17,20-23,25,27H,1,11,13-14,16,18-19H2,2-9H3,(H,34,42)(H,35,41)(H2,36,37,44)/t20?,21-,22-,23+,25-,27+/m0/s1. The molecule has 4 N–H and O–H groups in total. The van der Waals surface area contributed by atoms with Crippen molar-refractivity contribution in [1.29, 1.82) is 0 Å². The first-order chi connectivity index (χ1) is 22.2. The Morgan fingerprint density at radius 1 is 1.06 bits per heavy atom. The van der Waals surface area contributed by atoms with Crippen molar-refractivity contribution in [2.24, 2.45) is 22.7 Å². The minimum absolute atomic E-state index is 0.00840. The zero-order valence-electron chi connectivity index (χ0n) is 29.3. The molecular weight excluding hydrogens is 657 g/mol. The molecule has 1 saturated carbocycles. The van der Waals surface area contributed by atoms with Gasteiger partial charge in [-0.15, -0.1) is 17.9 Å². The van der Waals surface area contributed by atoms with Crippen LogP contribution in [-0.4, -0.2) is 98.0 Å². The third kappa shape index (κ3) is 9.23. The Kier molecular flexibility index (Phi) is 12.6. The summed E-state index contributed by atoms with van der Waals surface area (Å²) in [6, 6.07) is -1.10.